The van der Waals surface area contributed by atoms with Crippen molar-refractivity contribution in [2.45, 2.75) is 12.5 Å². The van der Waals surface area contributed by atoms with E-state index in [4.69, 9.17) is 18.6 Å². The van der Waals surface area contributed by atoms with E-state index in [0.29, 0.717) is 53.9 Å². The number of nitrogens with zero attached hydrogens (tertiary/aromatic N) is 2. The Labute approximate surface area is 250 Å². The number of methoxy groups -OCH3 is 2. The van der Waals surface area contributed by atoms with Gasteiger partial charge in [0, 0.05) is 30.3 Å². The number of rotatable bonds is 13. The molecule has 1 aromatic heterocycles. The Morgan fingerprint density at radius 1 is 0.884 bits per heavy atom. The molecule has 0 amide bonds. The van der Waals surface area contributed by atoms with Gasteiger partial charge in [-0.1, -0.05) is 36.4 Å². The number of aromatic nitrogens is 1. The second-order valence-electron chi connectivity index (χ2n) is 9.91. The lowest BCUT2D eigenvalue weighted by molar-refractivity contribution is -0.141. The van der Waals surface area contributed by atoms with Gasteiger partial charge < -0.3 is 28.8 Å². The zero-order valence-corrected chi connectivity index (χ0v) is 24.3. The minimum Gasteiger partial charge on any atom is -0.497 e. The van der Waals surface area contributed by atoms with E-state index < -0.39 is 12.0 Å². The van der Waals surface area contributed by atoms with Crippen molar-refractivity contribution in [1.29, 1.82) is 0 Å². The van der Waals surface area contributed by atoms with Gasteiger partial charge >= 0.3 is 5.97 Å². The molecule has 43 heavy (non-hydrogen) atoms. The average Bonchev–Trinajstić information content (AvgIpc) is 3.49. The van der Waals surface area contributed by atoms with E-state index in [9.17, 15) is 9.59 Å². The number of oxazole rings is 1. The quantitative estimate of drug-likeness (QED) is 0.137. The van der Waals surface area contributed by atoms with Crippen LogP contribution in [-0.4, -0.2) is 57.2 Å². The van der Waals surface area contributed by atoms with Gasteiger partial charge in [-0.25, -0.2) is 4.79 Å². The second-order valence-corrected chi connectivity index (χ2v) is 9.91. The Morgan fingerprint density at radius 3 is 2.30 bits per heavy atom. The van der Waals surface area contributed by atoms with Crippen LogP contribution in [0.4, 0.5) is 11.7 Å². The molecule has 1 atom stereocenters. The first-order chi connectivity index (χ1) is 20.9. The summed E-state index contributed by atoms with van der Waals surface area (Å²) in [5.41, 5.74) is 3.97. The maximum absolute atomic E-state index is 13.3. The first kappa shape index (κ1) is 29.2. The Kier molecular flexibility index (Phi) is 9.21. The Hall–Kier alpha value is -5.31. The first-order valence-corrected chi connectivity index (χ1v) is 13.9. The predicted octanol–water partition coefficient (Wildman–Crippen LogP) is 5.78. The number of para-hydroxylation sites is 3. The molecule has 0 fully saturated rings. The highest BCUT2D eigenvalue weighted by Gasteiger charge is 2.23. The number of fused-ring (bicyclic) bond motifs is 1. The van der Waals surface area contributed by atoms with Gasteiger partial charge in [0.1, 0.15) is 29.7 Å². The SMILES string of the molecule is COC(=O)C(Cc1ccc(OCCN(C)c2nc3ccccc3o2)cc1)Nc1ccccc1C(=O)c1ccc(OC)cc1. The maximum atomic E-state index is 13.3. The molecule has 0 spiro atoms. The summed E-state index contributed by atoms with van der Waals surface area (Å²) in [6.07, 6.45) is 0.346. The number of anilines is 2. The van der Waals surface area contributed by atoms with Crippen LogP contribution in [0.25, 0.3) is 11.1 Å². The minimum absolute atomic E-state index is 0.169. The summed E-state index contributed by atoms with van der Waals surface area (Å²) in [5.74, 6) is 0.761. The maximum Gasteiger partial charge on any atom is 0.328 e. The van der Waals surface area contributed by atoms with Crippen LogP contribution < -0.4 is 19.7 Å². The highest BCUT2D eigenvalue weighted by molar-refractivity contribution is 6.12. The molecule has 1 heterocycles. The molecule has 1 unspecified atom stereocenters. The van der Waals surface area contributed by atoms with Crippen molar-refractivity contribution in [1.82, 2.24) is 4.98 Å². The van der Waals surface area contributed by atoms with Crippen LogP contribution in [-0.2, 0) is 16.0 Å². The topological polar surface area (TPSA) is 103 Å². The Balaban J connectivity index is 1.21. The lowest BCUT2D eigenvalue weighted by Crippen LogP contribution is -2.33. The van der Waals surface area contributed by atoms with E-state index in [1.807, 2.05) is 66.5 Å². The van der Waals surface area contributed by atoms with Gasteiger partial charge in [-0.2, -0.15) is 4.98 Å². The predicted molar refractivity (Wildman–Crippen MR) is 165 cm³/mol. The number of carbonyl (C=O) groups is 2. The zero-order chi connectivity index (χ0) is 30.2. The van der Waals surface area contributed by atoms with Crippen molar-refractivity contribution in [3.05, 3.63) is 114 Å². The summed E-state index contributed by atoms with van der Waals surface area (Å²) in [7, 11) is 4.83. The standard InChI is InChI=1S/C34H33N3O6/c1-37(34-36-29-10-6-7-11-31(29)43-34)20-21-42-26-16-12-23(13-17-26)22-30(33(39)41-3)35-28-9-5-4-8-27(28)32(38)24-14-18-25(40-2)19-15-24/h4-19,30,35H,20-22H2,1-3H3. The number of ketones is 1. The average molecular weight is 580 g/mol. The van der Waals surface area contributed by atoms with Crippen LogP contribution in [0.5, 0.6) is 11.5 Å². The van der Waals surface area contributed by atoms with Crippen LogP contribution in [0.15, 0.2) is 101 Å². The molecule has 0 aliphatic heterocycles. The van der Waals surface area contributed by atoms with Crippen LogP contribution in [0.2, 0.25) is 0 Å². The number of benzene rings is 4. The van der Waals surface area contributed by atoms with E-state index in [1.165, 1.54) is 7.11 Å². The molecule has 4 aromatic carbocycles. The molecule has 0 bridgehead atoms. The third-order valence-electron chi connectivity index (χ3n) is 7.01. The fraction of sp³-hybridized carbons (Fsp3) is 0.206. The molecular weight excluding hydrogens is 546 g/mol. The molecule has 0 radical (unpaired) electrons. The molecule has 9 heteroatoms. The molecular formula is C34H33N3O6. The van der Waals surface area contributed by atoms with Gasteiger partial charge in [0.05, 0.1) is 20.8 Å². The van der Waals surface area contributed by atoms with Gasteiger partial charge in [0.15, 0.2) is 11.4 Å². The van der Waals surface area contributed by atoms with Crippen molar-refractivity contribution in [2.75, 3.05) is 44.6 Å². The van der Waals surface area contributed by atoms with Gasteiger partial charge in [-0.3, -0.25) is 4.79 Å². The number of likely N-dealkylation sites (N-methyl/N-ethyl adjacent to an activating group) is 1. The van der Waals surface area contributed by atoms with Gasteiger partial charge in [0.25, 0.3) is 6.01 Å². The normalized spacial score (nSPS) is 11.5. The summed E-state index contributed by atoms with van der Waals surface area (Å²) >= 11 is 0. The zero-order valence-electron chi connectivity index (χ0n) is 24.3. The van der Waals surface area contributed by atoms with E-state index in [-0.39, 0.29) is 5.78 Å². The minimum atomic E-state index is -0.716. The Bertz CT molecular complexity index is 1650. The molecule has 9 nitrogen and oxygen atoms in total. The van der Waals surface area contributed by atoms with Crippen molar-refractivity contribution in [3.8, 4) is 11.5 Å². The molecule has 220 valence electrons. The van der Waals surface area contributed by atoms with Crippen molar-refractivity contribution in [3.63, 3.8) is 0 Å². The molecule has 5 rings (SSSR count). The second kappa shape index (κ2) is 13.6. The summed E-state index contributed by atoms with van der Waals surface area (Å²) in [6.45, 7) is 1.01. The fourth-order valence-corrected chi connectivity index (χ4v) is 4.60. The summed E-state index contributed by atoms with van der Waals surface area (Å²) in [4.78, 5) is 32.5. The highest BCUT2D eigenvalue weighted by atomic mass is 16.5. The third kappa shape index (κ3) is 7.13. The number of hydrogen-bond donors (Lipinski definition) is 1. The summed E-state index contributed by atoms with van der Waals surface area (Å²) < 4.78 is 22.0. The third-order valence-corrected chi connectivity index (χ3v) is 7.01. The fourth-order valence-electron chi connectivity index (χ4n) is 4.60. The van der Waals surface area contributed by atoms with Gasteiger partial charge in [-0.05, 0) is 66.2 Å². The van der Waals surface area contributed by atoms with Crippen LogP contribution >= 0.6 is 0 Å². The monoisotopic (exact) mass is 579 g/mol. The van der Waals surface area contributed by atoms with E-state index in [1.54, 1.807) is 49.6 Å². The number of ether oxygens (including phenoxy) is 3. The molecule has 1 N–H and O–H groups in total. The summed E-state index contributed by atoms with van der Waals surface area (Å²) in [5, 5.41) is 3.23. The molecule has 0 saturated carbocycles. The first-order valence-electron chi connectivity index (χ1n) is 13.9. The van der Waals surface area contributed by atoms with Gasteiger partial charge in [-0.15, -0.1) is 0 Å². The van der Waals surface area contributed by atoms with Gasteiger partial charge in [0.2, 0.25) is 0 Å². The summed E-state index contributed by atoms with van der Waals surface area (Å²) in [6, 6.07) is 29.0. The van der Waals surface area contributed by atoms with Crippen LogP contribution in [0.1, 0.15) is 21.5 Å². The largest absolute Gasteiger partial charge is 0.497 e. The molecule has 5 aromatic rings. The van der Waals surface area contributed by atoms with Crippen LogP contribution in [0, 0.1) is 0 Å². The van der Waals surface area contributed by atoms with Crippen LogP contribution in [0.3, 0.4) is 0 Å². The smallest absolute Gasteiger partial charge is 0.328 e. The lowest BCUT2D eigenvalue weighted by atomic mass is 10.00. The molecule has 0 saturated heterocycles. The number of hydrogen-bond acceptors (Lipinski definition) is 9. The Morgan fingerprint density at radius 2 is 1.58 bits per heavy atom. The van der Waals surface area contributed by atoms with Crippen molar-refractivity contribution >= 4 is 34.6 Å². The number of nitrogens with one attached hydrogen (secondary N) is 1. The van der Waals surface area contributed by atoms with E-state index >= 15 is 0 Å². The molecule has 0 aliphatic rings. The number of esters is 1. The van der Waals surface area contributed by atoms with E-state index in [2.05, 4.69) is 10.3 Å². The highest BCUT2D eigenvalue weighted by Crippen LogP contribution is 2.24. The van der Waals surface area contributed by atoms with E-state index in [0.717, 1.165) is 16.7 Å². The molecule has 0 aliphatic carbocycles. The van der Waals surface area contributed by atoms with Crippen molar-refractivity contribution in [2.24, 2.45) is 0 Å². The van der Waals surface area contributed by atoms with Crippen molar-refractivity contribution < 1.29 is 28.2 Å². The lowest BCUT2D eigenvalue weighted by Gasteiger charge is -2.20. The number of carbonyl (C=O) groups excluding carboxylic acids is 2.